The van der Waals surface area contributed by atoms with E-state index in [9.17, 15) is 19.2 Å². The van der Waals surface area contributed by atoms with Gasteiger partial charge in [0.1, 0.15) is 5.60 Å². The van der Waals surface area contributed by atoms with Crippen LogP contribution in [0.25, 0.3) is 11.0 Å². The predicted octanol–water partition coefficient (Wildman–Crippen LogP) is 1.45. The number of fused-ring (bicyclic) bond motifs is 3. The molecule has 31 heavy (non-hydrogen) atoms. The fraction of sp³-hybridized carbons (Fsp3) is 0.545. The average molecular weight is 428 g/mol. The van der Waals surface area contributed by atoms with Crippen molar-refractivity contribution in [2.24, 2.45) is 5.92 Å². The molecular formula is C22H28N4O5. The fourth-order valence-electron chi connectivity index (χ4n) is 4.37. The summed E-state index contributed by atoms with van der Waals surface area (Å²) in [5.41, 5.74) is 1.34. The Balaban J connectivity index is 1.36. The number of H-pyrrole nitrogens is 2. The molecule has 1 unspecified atom stereocenters. The minimum absolute atomic E-state index is 0.00662. The van der Waals surface area contributed by atoms with E-state index in [2.05, 4.69) is 15.3 Å². The maximum absolute atomic E-state index is 12.8. The molecule has 4 rings (SSSR count). The van der Waals surface area contributed by atoms with E-state index in [-0.39, 0.29) is 24.0 Å². The molecule has 0 radical (unpaired) electrons. The summed E-state index contributed by atoms with van der Waals surface area (Å²) in [4.78, 5) is 55.2. The van der Waals surface area contributed by atoms with E-state index >= 15 is 0 Å². The quantitative estimate of drug-likeness (QED) is 0.625. The highest BCUT2D eigenvalue weighted by Crippen LogP contribution is 2.28. The van der Waals surface area contributed by atoms with Crippen molar-refractivity contribution in [2.75, 3.05) is 13.1 Å². The summed E-state index contributed by atoms with van der Waals surface area (Å²) in [5, 5.41) is 3.13. The minimum atomic E-state index is -0.676. The van der Waals surface area contributed by atoms with E-state index in [0.29, 0.717) is 49.8 Å². The molecule has 0 saturated carbocycles. The van der Waals surface area contributed by atoms with Gasteiger partial charge in [-0.05, 0) is 63.6 Å². The lowest BCUT2D eigenvalue weighted by Crippen LogP contribution is -2.46. The van der Waals surface area contributed by atoms with Gasteiger partial charge in [0.05, 0.1) is 11.0 Å². The van der Waals surface area contributed by atoms with Crippen molar-refractivity contribution in [1.82, 2.24) is 20.2 Å². The third-order valence-electron chi connectivity index (χ3n) is 5.88. The lowest BCUT2D eigenvalue weighted by molar-refractivity contribution is -0.127. The lowest BCUT2D eigenvalue weighted by Gasteiger charge is -2.33. The van der Waals surface area contributed by atoms with Crippen LogP contribution < -0.4 is 16.4 Å². The number of hydrogen-bond donors (Lipinski definition) is 3. The van der Waals surface area contributed by atoms with Crippen molar-refractivity contribution in [1.29, 1.82) is 0 Å². The van der Waals surface area contributed by atoms with Crippen LogP contribution in [0, 0.1) is 5.92 Å². The smallest absolute Gasteiger partial charge is 0.410 e. The van der Waals surface area contributed by atoms with Gasteiger partial charge < -0.3 is 24.9 Å². The van der Waals surface area contributed by atoms with Gasteiger partial charge in [0.25, 0.3) is 0 Å². The molecule has 1 saturated heterocycles. The average Bonchev–Trinajstić information content (AvgIpc) is 3.11. The van der Waals surface area contributed by atoms with E-state index in [1.165, 1.54) is 0 Å². The van der Waals surface area contributed by atoms with E-state index in [1.807, 2.05) is 26.8 Å². The Hall–Kier alpha value is -3.10. The number of ether oxygens (including phenoxy) is 1. The highest BCUT2D eigenvalue weighted by atomic mass is 16.6. The molecule has 9 heteroatoms. The molecule has 3 N–H and O–H groups in total. The van der Waals surface area contributed by atoms with Crippen molar-refractivity contribution in [3.8, 4) is 0 Å². The number of likely N-dealkylation sites (tertiary alicyclic amines) is 1. The normalized spacial score (nSPS) is 19.3. The molecule has 2 aliphatic rings. The molecule has 0 spiro atoms. The fourth-order valence-corrected chi connectivity index (χ4v) is 4.37. The third-order valence-corrected chi connectivity index (χ3v) is 5.88. The number of benzene rings is 1. The first-order chi connectivity index (χ1) is 14.6. The van der Waals surface area contributed by atoms with E-state index in [1.54, 1.807) is 11.0 Å². The van der Waals surface area contributed by atoms with Crippen LogP contribution in [0.2, 0.25) is 0 Å². The van der Waals surface area contributed by atoms with Crippen LogP contribution in [-0.4, -0.2) is 51.6 Å². The van der Waals surface area contributed by atoms with Gasteiger partial charge in [0, 0.05) is 25.0 Å². The number of hydrogen-bond acceptors (Lipinski definition) is 5. The van der Waals surface area contributed by atoms with Crippen molar-refractivity contribution in [3.63, 3.8) is 0 Å². The van der Waals surface area contributed by atoms with E-state index in [4.69, 9.17) is 4.74 Å². The Morgan fingerprint density at radius 3 is 2.42 bits per heavy atom. The van der Waals surface area contributed by atoms with Crippen LogP contribution in [0.1, 0.15) is 44.7 Å². The number of aromatic nitrogens is 2. The van der Waals surface area contributed by atoms with Crippen molar-refractivity contribution < 1.29 is 14.3 Å². The first-order valence-electron chi connectivity index (χ1n) is 10.7. The second kappa shape index (κ2) is 7.86. The second-order valence-electron chi connectivity index (χ2n) is 9.39. The van der Waals surface area contributed by atoms with E-state index < -0.39 is 16.7 Å². The molecule has 1 aromatic carbocycles. The zero-order valence-corrected chi connectivity index (χ0v) is 18.0. The molecule has 166 valence electrons. The predicted molar refractivity (Wildman–Crippen MR) is 115 cm³/mol. The van der Waals surface area contributed by atoms with Gasteiger partial charge in [-0.1, -0.05) is 6.07 Å². The number of aromatic amines is 2. The molecule has 1 fully saturated rings. The molecule has 2 amide bonds. The van der Waals surface area contributed by atoms with Crippen molar-refractivity contribution in [2.45, 2.75) is 58.1 Å². The van der Waals surface area contributed by atoms with Gasteiger partial charge in [0.15, 0.2) is 0 Å². The minimum Gasteiger partial charge on any atom is -0.444 e. The number of piperidine rings is 1. The molecular weight excluding hydrogens is 400 g/mol. The topological polar surface area (TPSA) is 124 Å². The van der Waals surface area contributed by atoms with Crippen LogP contribution in [0.3, 0.4) is 0 Å². The monoisotopic (exact) mass is 428 g/mol. The van der Waals surface area contributed by atoms with Crippen LogP contribution >= 0.6 is 0 Å². The highest BCUT2D eigenvalue weighted by molar-refractivity contribution is 5.82. The Morgan fingerprint density at radius 1 is 1.06 bits per heavy atom. The Kier molecular flexibility index (Phi) is 5.36. The number of carbonyl (C=O) groups excluding carboxylic acids is 2. The third kappa shape index (κ3) is 4.50. The molecule has 9 nitrogen and oxygen atoms in total. The number of amides is 2. The van der Waals surface area contributed by atoms with Gasteiger partial charge in [-0.15, -0.1) is 0 Å². The molecule has 1 atom stereocenters. The maximum Gasteiger partial charge on any atom is 0.410 e. The van der Waals surface area contributed by atoms with Crippen molar-refractivity contribution in [3.05, 3.63) is 44.0 Å². The Bertz CT molecular complexity index is 1140. The van der Waals surface area contributed by atoms with Gasteiger partial charge in [-0.25, -0.2) is 4.79 Å². The summed E-state index contributed by atoms with van der Waals surface area (Å²) in [6, 6.07) is 3.65. The van der Waals surface area contributed by atoms with Crippen LogP contribution in [-0.2, 0) is 22.4 Å². The van der Waals surface area contributed by atoms with E-state index in [0.717, 1.165) is 11.1 Å². The largest absolute Gasteiger partial charge is 0.444 e. The summed E-state index contributed by atoms with van der Waals surface area (Å²) in [7, 11) is 0. The molecule has 1 aliphatic carbocycles. The van der Waals surface area contributed by atoms with Crippen LogP contribution in [0.15, 0.2) is 21.7 Å². The summed E-state index contributed by atoms with van der Waals surface area (Å²) in [6.07, 6.45) is 2.13. The lowest BCUT2D eigenvalue weighted by atomic mass is 9.95. The molecule has 2 aromatic rings. The van der Waals surface area contributed by atoms with Gasteiger partial charge in [-0.3, -0.25) is 14.4 Å². The van der Waals surface area contributed by atoms with Gasteiger partial charge >= 0.3 is 17.2 Å². The first kappa shape index (κ1) is 21.1. The first-order valence-corrected chi connectivity index (χ1v) is 10.7. The van der Waals surface area contributed by atoms with Crippen LogP contribution in [0.4, 0.5) is 4.79 Å². The summed E-state index contributed by atoms with van der Waals surface area (Å²) in [5.74, 6) is -0.150. The van der Waals surface area contributed by atoms with Gasteiger partial charge in [0.2, 0.25) is 5.91 Å². The molecule has 1 aliphatic heterocycles. The maximum atomic E-state index is 12.8. The second-order valence-corrected chi connectivity index (χ2v) is 9.39. The number of carbonyl (C=O) groups is 2. The Labute approximate surface area is 179 Å². The molecule has 0 bridgehead atoms. The standard InChI is InChI=1S/C22H28N4O5/c1-22(2,3)31-21(30)26-8-6-12(7-9-26)18(27)23-14-10-13-4-5-16-17(15(13)11-14)25-20(29)19(28)24-16/h4-5,12,14H,6-11H2,1-3H3,(H,23,27)(H,24,28)(H,25,29). The van der Waals surface area contributed by atoms with Gasteiger partial charge in [-0.2, -0.15) is 0 Å². The number of nitrogens with one attached hydrogen (secondary N) is 3. The highest BCUT2D eigenvalue weighted by Gasteiger charge is 2.32. The van der Waals surface area contributed by atoms with Crippen LogP contribution in [0.5, 0.6) is 0 Å². The summed E-state index contributed by atoms with van der Waals surface area (Å²) in [6.45, 7) is 6.50. The Morgan fingerprint density at radius 2 is 1.74 bits per heavy atom. The number of nitrogens with zero attached hydrogens (tertiary/aromatic N) is 1. The summed E-state index contributed by atoms with van der Waals surface area (Å²) >= 11 is 0. The SMILES string of the molecule is CC(C)(C)OC(=O)N1CCC(C(=O)NC2Cc3ccc4[nH]c(=O)c(=O)[nH]c4c3C2)CC1. The summed E-state index contributed by atoms with van der Waals surface area (Å²) < 4.78 is 5.41. The molecule has 2 heterocycles. The molecule has 1 aromatic heterocycles. The zero-order chi connectivity index (χ0) is 22.3. The zero-order valence-electron chi connectivity index (χ0n) is 18.0. The number of rotatable bonds is 2. The van der Waals surface area contributed by atoms with Crippen molar-refractivity contribution >= 4 is 23.0 Å².